The minimum absolute atomic E-state index is 0.215. The van der Waals surface area contributed by atoms with E-state index in [-0.39, 0.29) is 5.91 Å². The molecule has 1 saturated carbocycles. The first-order valence-corrected chi connectivity index (χ1v) is 8.78. The van der Waals surface area contributed by atoms with Crippen LogP contribution in [0.15, 0.2) is 54.6 Å². The molecule has 0 spiro atoms. The molecule has 0 bridgehead atoms. The maximum absolute atomic E-state index is 13.1. The Morgan fingerprint density at radius 1 is 0.870 bits per heavy atom. The smallest absolute Gasteiger partial charge is 0.254 e. The normalized spacial score (nSPS) is 23.8. The Labute approximate surface area is 138 Å². The number of hydrogen-bond donors (Lipinski definition) is 0. The quantitative estimate of drug-likeness (QED) is 0.783. The molecule has 2 heteroatoms. The van der Waals surface area contributed by atoms with Crippen LogP contribution in [0.5, 0.6) is 0 Å². The molecule has 0 unspecified atom stereocenters. The van der Waals surface area contributed by atoms with E-state index in [0.29, 0.717) is 12.0 Å². The van der Waals surface area contributed by atoms with E-state index in [1.807, 2.05) is 18.2 Å². The summed E-state index contributed by atoms with van der Waals surface area (Å²) >= 11 is 0. The summed E-state index contributed by atoms with van der Waals surface area (Å²) in [6, 6.07) is 19.0. The van der Waals surface area contributed by atoms with Gasteiger partial charge in [0.2, 0.25) is 0 Å². The van der Waals surface area contributed by atoms with Crippen molar-refractivity contribution in [2.45, 2.75) is 50.6 Å². The van der Waals surface area contributed by atoms with Gasteiger partial charge in [-0.1, -0.05) is 67.8 Å². The Morgan fingerprint density at radius 3 is 2.48 bits per heavy atom. The van der Waals surface area contributed by atoms with Crippen molar-refractivity contribution in [2.75, 3.05) is 0 Å². The minimum atomic E-state index is 0.215. The average molecular weight is 305 g/mol. The standard InChI is InChI=1S/C21H23NO/c23-21-19-13-8-7-11-17(19)18-12-5-2-6-14-20(18)22(21)15-16-9-3-1-4-10-16/h1,3-4,7-11,13,18,20H,2,5-6,12,14-15H2/t18-,20+/m0/s1. The maximum Gasteiger partial charge on any atom is 0.254 e. The molecule has 0 saturated heterocycles. The van der Waals surface area contributed by atoms with E-state index in [1.165, 1.54) is 36.8 Å². The average Bonchev–Trinajstić information content (AvgIpc) is 2.86. The molecule has 2 nitrogen and oxygen atoms in total. The van der Waals surface area contributed by atoms with Gasteiger partial charge in [0.05, 0.1) is 0 Å². The Kier molecular flexibility index (Phi) is 3.90. The summed E-state index contributed by atoms with van der Waals surface area (Å²) in [6.07, 6.45) is 6.16. The van der Waals surface area contributed by atoms with Crippen LogP contribution in [0, 0.1) is 0 Å². The number of amides is 1. The summed E-state index contributed by atoms with van der Waals surface area (Å²) in [5.74, 6) is 0.725. The van der Waals surface area contributed by atoms with Crippen LogP contribution in [0.2, 0.25) is 0 Å². The van der Waals surface area contributed by atoms with Gasteiger partial charge in [0.15, 0.2) is 0 Å². The maximum atomic E-state index is 13.1. The highest BCUT2D eigenvalue weighted by Crippen LogP contribution is 2.41. The molecule has 0 radical (unpaired) electrons. The molecule has 1 fully saturated rings. The van der Waals surface area contributed by atoms with Gasteiger partial charge in [-0.15, -0.1) is 0 Å². The van der Waals surface area contributed by atoms with E-state index in [9.17, 15) is 4.79 Å². The molecule has 4 rings (SSSR count). The number of carbonyl (C=O) groups is 1. The molecule has 2 aliphatic rings. The van der Waals surface area contributed by atoms with E-state index in [2.05, 4.69) is 41.3 Å². The van der Waals surface area contributed by atoms with Crippen molar-refractivity contribution in [3.63, 3.8) is 0 Å². The van der Waals surface area contributed by atoms with E-state index < -0.39 is 0 Å². The molecule has 1 heterocycles. The monoisotopic (exact) mass is 305 g/mol. The predicted molar refractivity (Wildman–Crippen MR) is 92.4 cm³/mol. The molecular weight excluding hydrogens is 282 g/mol. The molecule has 0 aromatic heterocycles. The Hall–Kier alpha value is -2.09. The first-order chi connectivity index (χ1) is 11.3. The van der Waals surface area contributed by atoms with Crippen molar-refractivity contribution in [1.29, 1.82) is 0 Å². The van der Waals surface area contributed by atoms with Gasteiger partial charge in [-0.25, -0.2) is 0 Å². The molecule has 1 aliphatic carbocycles. The van der Waals surface area contributed by atoms with Gasteiger partial charge in [0, 0.05) is 24.1 Å². The van der Waals surface area contributed by atoms with E-state index in [4.69, 9.17) is 0 Å². The number of hydrogen-bond acceptors (Lipinski definition) is 1. The third-order valence-electron chi connectivity index (χ3n) is 5.43. The SMILES string of the molecule is O=C1c2ccccc2[C@@H]2CCCCC[C@H]2N1Cc1ccccc1. The summed E-state index contributed by atoms with van der Waals surface area (Å²) in [7, 11) is 0. The molecule has 118 valence electrons. The Morgan fingerprint density at radius 2 is 1.61 bits per heavy atom. The molecule has 1 amide bonds. The molecule has 2 aromatic rings. The second-order valence-corrected chi connectivity index (χ2v) is 6.82. The van der Waals surface area contributed by atoms with Crippen molar-refractivity contribution in [2.24, 2.45) is 0 Å². The van der Waals surface area contributed by atoms with Crippen molar-refractivity contribution >= 4 is 5.91 Å². The second kappa shape index (κ2) is 6.19. The van der Waals surface area contributed by atoms with Crippen molar-refractivity contribution in [3.8, 4) is 0 Å². The second-order valence-electron chi connectivity index (χ2n) is 6.82. The van der Waals surface area contributed by atoms with Crippen LogP contribution >= 0.6 is 0 Å². The highest BCUT2D eigenvalue weighted by atomic mass is 16.2. The zero-order valence-corrected chi connectivity index (χ0v) is 13.4. The lowest BCUT2D eigenvalue weighted by molar-refractivity contribution is 0.0578. The first-order valence-electron chi connectivity index (χ1n) is 8.78. The number of rotatable bonds is 2. The largest absolute Gasteiger partial charge is 0.331 e. The van der Waals surface area contributed by atoms with E-state index in [1.54, 1.807) is 0 Å². The fourth-order valence-corrected chi connectivity index (χ4v) is 4.31. The van der Waals surface area contributed by atoms with Crippen LogP contribution in [0.1, 0.15) is 59.5 Å². The van der Waals surface area contributed by atoms with Gasteiger partial charge in [0.1, 0.15) is 0 Å². The van der Waals surface area contributed by atoms with Crippen LogP contribution in [0.4, 0.5) is 0 Å². The number of fused-ring (bicyclic) bond motifs is 3. The molecule has 0 N–H and O–H groups in total. The lowest BCUT2D eigenvalue weighted by Gasteiger charge is -2.42. The molecule has 1 aliphatic heterocycles. The molecule has 2 aromatic carbocycles. The first kappa shape index (κ1) is 14.5. The molecule has 2 atom stereocenters. The molecular formula is C21H23NO. The van der Waals surface area contributed by atoms with Crippen LogP contribution in [-0.4, -0.2) is 16.8 Å². The number of nitrogens with zero attached hydrogens (tertiary/aromatic N) is 1. The fraction of sp³-hybridized carbons (Fsp3) is 0.381. The number of benzene rings is 2. The van der Waals surface area contributed by atoms with Crippen molar-refractivity contribution < 1.29 is 4.79 Å². The lowest BCUT2D eigenvalue weighted by atomic mass is 9.80. The van der Waals surface area contributed by atoms with Gasteiger partial charge in [-0.3, -0.25) is 4.79 Å². The summed E-state index contributed by atoms with van der Waals surface area (Å²) in [6.45, 7) is 0.731. The Bertz CT molecular complexity index is 694. The third kappa shape index (κ3) is 2.67. The Balaban J connectivity index is 1.74. The third-order valence-corrected chi connectivity index (χ3v) is 5.43. The summed E-state index contributed by atoms with van der Waals surface area (Å²) < 4.78 is 0. The van der Waals surface area contributed by atoms with Gasteiger partial charge in [-0.05, 0) is 30.0 Å². The van der Waals surface area contributed by atoms with Crippen LogP contribution < -0.4 is 0 Å². The zero-order chi connectivity index (χ0) is 15.6. The van der Waals surface area contributed by atoms with Gasteiger partial charge in [0.25, 0.3) is 5.91 Å². The minimum Gasteiger partial charge on any atom is -0.331 e. The van der Waals surface area contributed by atoms with Crippen molar-refractivity contribution in [3.05, 3.63) is 71.3 Å². The van der Waals surface area contributed by atoms with Gasteiger partial charge >= 0.3 is 0 Å². The summed E-state index contributed by atoms with van der Waals surface area (Å²) in [5, 5.41) is 0. The highest BCUT2D eigenvalue weighted by Gasteiger charge is 2.39. The van der Waals surface area contributed by atoms with Crippen LogP contribution in [-0.2, 0) is 6.54 Å². The van der Waals surface area contributed by atoms with E-state index in [0.717, 1.165) is 18.5 Å². The highest BCUT2D eigenvalue weighted by molar-refractivity contribution is 5.97. The fourth-order valence-electron chi connectivity index (χ4n) is 4.31. The predicted octanol–water partition coefficient (Wildman–Crippen LogP) is 4.76. The zero-order valence-electron chi connectivity index (χ0n) is 13.4. The van der Waals surface area contributed by atoms with E-state index >= 15 is 0 Å². The topological polar surface area (TPSA) is 20.3 Å². The van der Waals surface area contributed by atoms with Gasteiger partial charge < -0.3 is 4.90 Å². The van der Waals surface area contributed by atoms with Crippen molar-refractivity contribution in [1.82, 2.24) is 4.90 Å². The summed E-state index contributed by atoms with van der Waals surface area (Å²) in [5.41, 5.74) is 3.43. The lowest BCUT2D eigenvalue weighted by Crippen LogP contribution is -2.47. The van der Waals surface area contributed by atoms with Crippen LogP contribution in [0.25, 0.3) is 0 Å². The number of carbonyl (C=O) groups excluding carboxylic acids is 1. The summed E-state index contributed by atoms with van der Waals surface area (Å²) in [4.78, 5) is 15.3. The van der Waals surface area contributed by atoms with Gasteiger partial charge in [-0.2, -0.15) is 0 Å². The van der Waals surface area contributed by atoms with Crippen LogP contribution in [0.3, 0.4) is 0 Å². The molecule has 23 heavy (non-hydrogen) atoms.